The molecule has 1 nitrogen and oxygen atoms in total. The zero-order valence-electron chi connectivity index (χ0n) is 16.7. The third-order valence-corrected chi connectivity index (χ3v) is 5.09. The molecule has 0 bridgehead atoms. The summed E-state index contributed by atoms with van der Waals surface area (Å²) in [4.78, 5) is 0. The molecule has 0 heterocycles. The van der Waals surface area contributed by atoms with Crippen LogP contribution in [0.15, 0.2) is 72.8 Å². The Morgan fingerprint density at radius 2 is 1.23 bits per heavy atom. The summed E-state index contributed by atoms with van der Waals surface area (Å²) in [5.41, 5.74) is 1.06. The number of ether oxygens (including phenoxy) is 1. The Balaban J connectivity index is 1.61. The van der Waals surface area contributed by atoms with Crippen molar-refractivity contribution in [1.29, 1.82) is 0 Å². The number of hydrogen-bond donors (Lipinski definition) is 0. The highest BCUT2D eigenvalue weighted by atomic mass is 19.4. The monoisotopic (exact) mass is 433 g/mol. The molecular formula is C25H22F5O. The number of benzene rings is 3. The molecule has 1 radical (unpaired) electrons. The summed E-state index contributed by atoms with van der Waals surface area (Å²) < 4.78 is 70.1. The second kappa shape index (κ2) is 9.94. The molecule has 6 heteroatoms. The summed E-state index contributed by atoms with van der Waals surface area (Å²) >= 11 is 0. The minimum absolute atomic E-state index is 0.0467. The molecule has 31 heavy (non-hydrogen) atoms. The van der Waals surface area contributed by atoms with Gasteiger partial charge in [-0.05, 0) is 78.4 Å². The highest BCUT2D eigenvalue weighted by molar-refractivity contribution is 5.33. The number of rotatable bonds is 8. The quantitative estimate of drug-likeness (QED) is 0.336. The third-order valence-electron chi connectivity index (χ3n) is 5.09. The molecule has 0 amide bonds. The number of alkyl halides is 3. The normalized spacial score (nSPS) is 12.7. The van der Waals surface area contributed by atoms with Gasteiger partial charge in [0, 0.05) is 5.92 Å². The fourth-order valence-corrected chi connectivity index (χ4v) is 3.39. The molecule has 0 N–H and O–H groups in total. The van der Waals surface area contributed by atoms with Crippen LogP contribution >= 0.6 is 0 Å². The molecular weight excluding hydrogens is 411 g/mol. The second-order valence-corrected chi connectivity index (χ2v) is 7.42. The van der Waals surface area contributed by atoms with E-state index in [-0.39, 0.29) is 23.5 Å². The maximum Gasteiger partial charge on any atom is 0.416 e. The topological polar surface area (TPSA) is 9.23 Å². The first-order valence-corrected chi connectivity index (χ1v) is 9.86. The Labute approximate surface area is 178 Å². The summed E-state index contributed by atoms with van der Waals surface area (Å²) in [5.74, 6) is -0.464. The molecule has 3 aromatic rings. The van der Waals surface area contributed by atoms with Gasteiger partial charge in [0.2, 0.25) is 0 Å². The molecule has 0 aliphatic rings. The molecule has 3 aromatic carbocycles. The predicted octanol–water partition coefficient (Wildman–Crippen LogP) is 7.42. The van der Waals surface area contributed by atoms with Crippen molar-refractivity contribution >= 4 is 0 Å². The van der Waals surface area contributed by atoms with E-state index in [0.29, 0.717) is 25.2 Å². The predicted molar refractivity (Wildman–Crippen MR) is 110 cm³/mol. The average molecular weight is 433 g/mol. The lowest BCUT2D eigenvalue weighted by Gasteiger charge is -2.22. The Morgan fingerprint density at radius 3 is 1.68 bits per heavy atom. The molecule has 1 atom stereocenters. The molecule has 0 spiro atoms. The lowest BCUT2D eigenvalue weighted by atomic mass is 9.83. The highest BCUT2D eigenvalue weighted by Crippen LogP contribution is 2.33. The second-order valence-electron chi connectivity index (χ2n) is 7.42. The van der Waals surface area contributed by atoms with E-state index in [1.807, 2.05) is 0 Å². The van der Waals surface area contributed by atoms with E-state index in [2.05, 4.69) is 6.92 Å². The first-order chi connectivity index (χ1) is 14.7. The van der Waals surface area contributed by atoms with E-state index in [0.717, 1.165) is 23.3 Å². The molecule has 1 unspecified atom stereocenters. The molecule has 0 fully saturated rings. The Kier molecular flexibility index (Phi) is 7.31. The first kappa shape index (κ1) is 22.8. The lowest BCUT2D eigenvalue weighted by molar-refractivity contribution is -0.137. The fraction of sp³-hybridized carbons (Fsp3) is 0.240. The summed E-state index contributed by atoms with van der Waals surface area (Å²) in [5, 5.41) is 0. The number of hydrogen-bond acceptors (Lipinski definition) is 1. The van der Waals surface area contributed by atoms with E-state index in [4.69, 9.17) is 4.74 Å². The van der Waals surface area contributed by atoms with Crippen molar-refractivity contribution in [2.24, 2.45) is 5.92 Å². The van der Waals surface area contributed by atoms with Crippen molar-refractivity contribution in [2.75, 3.05) is 6.61 Å². The van der Waals surface area contributed by atoms with Crippen LogP contribution in [0.2, 0.25) is 0 Å². The van der Waals surface area contributed by atoms with Crippen LogP contribution in [0.3, 0.4) is 0 Å². The van der Waals surface area contributed by atoms with Gasteiger partial charge >= 0.3 is 6.18 Å². The van der Waals surface area contributed by atoms with Crippen molar-refractivity contribution in [3.63, 3.8) is 0 Å². The van der Waals surface area contributed by atoms with Crippen molar-refractivity contribution in [3.05, 3.63) is 108 Å². The van der Waals surface area contributed by atoms with Crippen LogP contribution in [0.25, 0.3) is 0 Å². The van der Waals surface area contributed by atoms with Gasteiger partial charge in [-0.25, -0.2) is 8.78 Å². The molecule has 0 aliphatic heterocycles. The molecule has 0 aliphatic carbocycles. The summed E-state index contributed by atoms with van der Waals surface area (Å²) in [6, 6.07) is 16.9. The van der Waals surface area contributed by atoms with Crippen molar-refractivity contribution < 1.29 is 26.7 Å². The van der Waals surface area contributed by atoms with Gasteiger partial charge in [0.05, 0.1) is 12.2 Å². The lowest BCUT2D eigenvalue weighted by Crippen LogP contribution is -2.11. The molecule has 163 valence electrons. The minimum Gasteiger partial charge on any atom is -0.494 e. The summed E-state index contributed by atoms with van der Waals surface area (Å²) in [7, 11) is 0. The molecule has 3 rings (SSSR count). The van der Waals surface area contributed by atoms with Crippen LogP contribution in [-0.4, -0.2) is 6.61 Å². The largest absolute Gasteiger partial charge is 0.494 e. The van der Waals surface area contributed by atoms with Gasteiger partial charge in [0.25, 0.3) is 0 Å². The van der Waals surface area contributed by atoms with Crippen molar-refractivity contribution in [1.82, 2.24) is 0 Å². The SMILES string of the molecule is [CH2]C(CCOc1ccc(C(F)(F)F)cc1)CC(c1ccc(F)cc1)c1ccc(F)cc1. The van der Waals surface area contributed by atoms with E-state index >= 15 is 0 Å². The van der Waals surface area contributed by atoms with Crippen LogP contribution in [0.5, 0.6) is 5.75 Å². The van der Waals surface area contributed by atoms with E-state index in [9.17, 15) is 22.0 Å². The summed E-state index contributed by atoms with van der Waals surface area (Å²) in [6.07, 6.45) is -3.19. The maximum atomic E-state index is 13.3. The standard InChI is InChI=1S/C25H22F5O/c1-17(14-15-31-23-12-6-20(7-13-23)25(28,29)30)16-24(18-2-8-21(26)9-3-18)19-4-10-22(27)11-5-19/h2-13,17,24H,1,14-16H2. The van der Waals surface area contributed by atoms with Crippen LogP contribution in [0, 0.1) is 24.5 Å². The zero-order chi connectivity index (χ0) is 22.4. The van der Waals surface area contributed by atoms with Crippen molar-refractivity contribution in [2.45, 2.75) is 24.9 Å². The van der Waals surface area contributed by atoms with Gasteiger partial charge in [0.15, 0.2) is 0 Å². The van der Waals surface area contributed by atoms with E-state index in [1.165, 1.54) is 36.4 Å². The fourth-order valence-electron chi connectivity index (χ4n) is 3.39. The summed E-state index contributed by atoms with van der Waals surface area (Å²) in [6.45, 7) is 4.46. The Morgan fingerprint density at radius 1 is 0.742 bits per heavy atom. The van der Waals surface area contributed by atoms with Crippen LogP contribution < -0.4 is 4.74 Å². The Bertz CT molecular complexity index is 902. The number of halogens is 5. The van der Waals surface area contributed by atoms with Gasteiger partial charge in [-0.15, -0.1) is 0 Å². The first-order valence-electron chi connectivity index (χ1n) is 9.86. The minimum atomic E-state index is -4.38. The Hall–Kier alpha value is -2.89. The zero-order valence-corrected chi connectivity index (χ0v) is 16.7. The van der Waals surface area contributed by atoms with Gasteiger partial charge < -0.3 is 4.74 Å². The van der Waals surface area contributed by atoms with Crippen LogP contribution in [0.4, 0.5) is 22.0 Å². The van der Waals surface area contributed by atoms with E-state index in [1.54, 1.807) is 24.3 Å². The highest BCUT2D eigenvalue weighted by Gasteiger charge is 2.30. The van der Waals surface area contributed by atoms with Crippen LogP contribution in [-0.2, 0) is 6.18 Å². The van der Waals surface area contributed by atoms with Gasteiger partial charge in [0.1, 0.15) is 17.4 Å². The molecule has 0 saturated carbocycles. The maximum absolute atomic E-state index is 13.3. The molecule has 0 aromatic heterocycles. The molecule has 0 saturated heterocycles. The van der Waals surface area contributed by atoms with Gasteiger partial charge in [-0.1, -0.05) is 31.2 Å². The third kappa shape index (κ3) is 6.54. The van der Waals surface area contributed by atoms with Gasteiger partial charge in [-0.3, -0.25) is 0 Å². The van der Waals surface area contributed by atoms with Crippen molar-refractivity contribution in [3.8, 4) is 5.75 Å². The van der Waals surface area contributed by atoms with E-state index < -0.39 is 11.7 Å². The van der Waals surface area contributed by atoms with Crippen LogP contribution in [0.1, 0.15) is 35.4 Å². The van der Waals surface area contributed by atoms with Gasteiger partial charge in [-0.2, -0.15) is 13.2 Å². The smallest absolute Gasteiger partial charge is 0.416 e. The average Bonchev–Trinajstić information content (AvgIpc) is 2.73.